The maximum Gasteiger partial charge on any atom is 0.289 e. The van der Waals surface area contributed by atoms with Gasteiger partial charge in [-0.2, -0.15) is 0 Å². The number of amides is 3. The Bertz CT molecular complexity index is 1190. The van der Waals surface area contributed by atoms with Crippen LogP contribution in [0.25, 0.3) is 0 Å². The Balaban J connectivity index is 1.24. The molecule has 1 N–H and O–H groups in total. The third kappa shape index (κ3) is 4.48. The number of piperazine rings is 1. The van der Waals surface area contributed by atoms with Crippen LogP contribution in [0.1, 0.15) is 55.8 Å². The summed E-state index contributed by atoms with van der Waals surface area (Å²) in [6, 6.07) is 10.7. The summed E-state index contributed by atoms with van der Waals surface area (Å²) in [6.07, 6.45) is 4.00. The number of carbonyl (C=O) groups excluding carboxylic acids is 3. The second kappa shape index (κ2) is 9.42. The average Bonchev–Trinajstić information content (AvgIpc) is 3.53. The van der Waals surface area contributed by atoms with Crippen molar-refractivity contribution in [3.63, 3.8) is 0 Å². The molecule has 1 aliphatic heterocycles. The van der Waals surface area contributed by atoms with Gasteiger partial charge >= 0.3 is 0 Å². The van der Waals surface area contributed by atoms with E-state index in [0.29, 0.717) is 42.6 Å². The smallest absolute Gasteiger partial charge is 0.289 e. The number of aryl methyl sites for hydroxylation is 2. The molecular formula is C25H26N4O4S. The summed E-state index contributed by atoms with van der Waals surface area (Å²) < 4.78 is 5.21. The quantitative estimate of drug-likeness (QED) is 0.617. The maximum absolute atomic E-state index is 13.4. The Hall–Kier alpha value is -3.46. The molecule has 1 aliphatic carbocycles. The van der Waals surface area contributed by atoms with Gasteiger partial charge in [0.1, 0.15) is 0 Å². The van der Waals surface area contributed by atoms with Crippen LogP contribution in [0.2, 0.25) is 0 Å². The van der Waals surface area contributed by atoms with Gasteiger partial charge in [0.15, 0.2) is 10.9 Å². The van der Waals surface area contributed by atoms with Gasteiger partial charge < -0.3 is 14.2 Å². The fraction of sp³-hybridized carbons (Fsp3) is 0.360. The number of hydrogen-bond acceptors (Lipinski definition) is 6. The molecule has 1 unspecified atom stereocenters. The number of fused-ring (bicyclic) bond motifs is 1. The van der Waals surface area contributed by atoms with Crippen molar-refractivity contribution in [2.45, 2.75) is 32.1 Å². The van der Waals surface area contributed by atoms with E-state index in [4.69, 9.17) is 4.42 Å². The van der Waals surface area contributed by atoms with Crippen molar-refractivity contribution < 1.29 is 18.8 Å². The van der Waals surface area contributed by atoms with Crippen LogP contribution in [0.15, 0.2) is 47.1 Å². The van der Waals surface area contributed by atoms with Crippen LogP contribution in [0.4, 0.5) is 5.13 Å². The molecule has 2 aliphatic rings. The molecule has 9 heteroatoms. The van der Waals surface area contributed by atoms with Gasteiger partial charge in [-0.15, -0.1) is 11.3 Å². The first kappa shape index (κ1) is 22.3. The second-order valence-electron chi connectivity index (χ2n) is 8.69. The summed E-state index contributed by atoms with van der Waals surface area (Å²) in [7, 11) is 0. The highest BCUT2D eigenvalue weighted by atomic mass is 32.1. The summed E-state index contributed by atoms with van der Waals surface area (Å²) in [5.41, 5.74) is 2.46. The monoisotopic (exact) mass is 478 g/mol. The molecular weight excluding hydrogens is 452 g/mol. The first-order chi connectivity index (χ1) is 16.5. The molecule has 1 aromatic carbocycles. The fourth-order valence-electron chi connectivity index (χ4n) is 4.49. The van der Waals surface area contributed by atoms with Gasteiger partial charge in [-0.05, 0) is 50.5 Å². The molecule has 3 heterocycles. The van der Waals surface area contributed by atoms with Gasteiger partial charge in [0.2, 0.25) is 5.91 Å². The van der Waals surface area contributed by atoms with Crippen LogP contribution in [0.5, 0.6) is 0 Å². The maximum atomic E-state index is 13.4. The lowest BCUT2D eigenvalue weighted by molar-refractivity contribution is -0.134. The van der Waals surface area contributed by atoms with Gasteiger partial charge in [-0.3, -0.25) is 19.7 Å². The minimum absolute atomic E-state index is 0.0489. The lowest BCUT2D eigenvalue weighted by Crippen LogP contribution is -2.51. The Morgan fingerprint density at radius 2 is 1.79 bits per heavy atom. The van der Waals surface area contributed by atoms with E-state index in [1.54, 1.807) is 29.2 Å². The molecule has 3 aromatic rings. The predicted molar refractivity (Wildman–Crippen MR) is 128 cm³/mol. The van der Waals surface area contributed by atoms with Crippen LogP contribution in [-0.4, -0.2) is 58.7 Å². The van der Waals surface area contributed by atoms with E-state index in [2.05, 4.69) is 10.3 Å². The summed E-state index contributed by atoms with van der Waals surface area (Å²) in [4.78, 5) is 47.8. The highest BCUT2D eigenvalue weighted by Gasteiger charge is 2.35. The molecule has 0 spiro atoms. The average molecular weight is 479 g/mol. The van der Waals surface area contributed by atoms with Crippen molar-refractivity contribution in [1.82, 2.24) is 14.8 Å². The van der Waals surface area contributed by atoms with Crippen LogP contribution in [0.3, 0.4) is 0 Å². The zero-order chi connectivity index (χ0) is 23.7. The molecule has 1 fully saturated rings. The van der Waals surface area contributed by atoms with Crippen LogP contribution in [0, 0.1) is 6.92 Å². The molecule has 0 saturated carbocycles. The topological polar surface area (TPSA) is 95.8 Å². The molecule has 1 saturated heterocycles. The molecule has 1 atom stereocenters. The molecule has 0 radical (unpaired) electrons. The number of carbonyl (C=O) groups is 3. The zero-order valence-corrected chi connectivity index (χ0v) is 19.8. The Morgan fingerprint density at radius 1 is 1.06 bits per heavy atom. The molecule has 34 heavy (non-hydrogen) atoms. The van der Waals surface area contributed by atoms with Gasteiger partial charge in [-0.25, -0.2) is 4.98 Å². The zero-order valence-electron chi connectivity index (χ0n) is 19.0. The predicted octanol–water partition coefficient (Wildman–Crippen LogP) is 3.70. The van der Waals surface area contributed by atoms with E-state index in [9.17, 15) is 14.4 Å². The molecule has 5 rings (SSSR count). The summed E-state index contributed by atoms with van der Waals surface area (Å²) in [6.45, 7) is 3.89. The van der Waals surface area contributed by atoms with E-state index in [0.717, 1.165) is 35.4 Å². The third-order valence-corrected chi connectivity index (χ3v) is 7.44. The van der Waals surface area contributed by atoms with Crippen molar-refractivity contribution in [1.29, 1.82) is 0 Å². The van der Waals surface area contributed by atoms with Crippen LogP contribution in [-0.2, 0) is 11.2 Å². The van der Waals surface area contributed by atoms with Gasteiger partial charge in [0.25, 0.3) is 11.8 Å². The number of anilines is 1. The molecule has 176 valence electrons. The van der Waals surface area contributed by atoms with Gasteiger partial charge in [0, 0.05) is 36.6 Å². The molecule has 8 nitrogen and oxygen atoms in total. The number of nitrogens with zero attached hydrogens (tertiary/aromatic N) is 3. The summed E-state index contributed by atoms with van der Waals surface area (Å²) in [5.74, 6) is -0.290. The highest BCUT2D eigenvalue weighted by molar-refractivity contribution is 7.16. The number of nitrogens with one attached hydrogen (secondary N) is 1. The molecule has 3 amide bonds. The van der Waals surface area contributed by atoms with E-state index in [1.165, 1.54) is 17.6 Å². The lowest BCUT2D eigenvalue weighted by Gasteiger charge is -2.36. The SMILES string of the molecule is Cc1ccc(C(=O)Nc2nc3c(s2)CCCC3C(=O)N2CCN(C(=O)c3ccco3)CC2)cc1. The molecule has 2 aromatic heterocycles. The number of aromatic nitrogens is 1. The summed E-state index contributed by atoms with van der Waals surface area (Å²) in [5, 5.41) is 3.43. The number of thiazole rings is 1. The van der Waals surface area contributed by atoms with E-state index in [-0.39, 0.29) is 23.6 Å². The van der Waals surface area contributed by atoms with Crippen LogP contribution >= 0.6 is 11.3 Å². The number of benzene rings is 1. The first-order valence-corrected chi connectivity index (χ1v) is 12.3. The van der Waals surface area contributed by atoms with Gasteiger partial charge in [0.05, 0.1) is 17.9 Å². The Morgan fingerprint density at radius 3 is 2.50 bits per heavy atom. The Kier molecular flexibility index (Phi) is 6.19. The van der Waals surface area contributed by atoms with E-state index in [1.807, 2.05) is 24.0 Å². The number of furan rings is 1. The van der Waals surface area contributed by atoms with Crippen molar-refractivity contribution in [3.05, 3.63) is 70.1 Å². The minimum atomic E-state index is -0.308. The van der Waals surface area contributed by atoms with Crippen LogP contribution < -0.4 is 5.32 Å². The standard InChI is InChI=1S/C25H26N4O4S/c1-16-7-9-17(10-8-16)22(30)27-25-26-21-18(4-2-6-20(21)34-25)23(31)28-11-13-29(14-12-28)24(32)19-5-3-15-33-19/h3,5,7-10,15,18H,2,4,6,11-14H2,1H3,(H,26,27,30). The highest BCUT2D eigenvalue weighted by Crippen LogP contribution is 2.38. The van der Waals surface area contributed by atoms with Crippen molar-refractivity contribution >= 4 is 34.2 Å². The normalized spacial score (nSPS) is 17.9. The van der Waals surface area contributed by atoms with Crippen molar-refractivity contribution in [2.24, 2.45) is 0 Å². The lowest BCUT2D eigenvalue weighted by atomic mass is 9.89. The van der Waals surface area contributed by atoms with Gasteiger partial charge in [-0.1, -0.05) is 17.7 Å². The largest absolute Gasteiger partial charge is 0.459 e. The van der Waals surface area contributed by atoms with Crippen molar-refractivity contribution in [2.75, 3.05) is 31.5 Å². The van der Waals surface area contributed by atoms with E-state index >= 15 is 0 Å². The number of rotatable bonds is 4. The second-order valence-corrected chi connectivity index (χ2v) is 9.77. The van der Waals surface area contributed by atoms with E-state index < -0.39 is 0 Å². The minimum Gasteiger partial charge on any atom is -0.459 e. The van der Waals surface area contributed by atoms with Crippen molar-refractivity contribution in [3.8, 4) is 0 Å². The third-order valence-electron chi connectivity index (χ3n) is 6.40. The fourth-order valence-corrected chi connectivity index (χ4v) is 5.55. The summed E-state index contributed by atoms with van der Waals surface area (Å²) >= 11 is 1.45. The first-order valence-electron chi connectivity index (χ1n) is 11.5. The molecule has 0 bridgehead atoms. The Labute approximate surface area is 201 Å². The number of hydrogen-bond donors (Lipinski definition) is 1.